The van der Waals surface area contributed by atoms with E-state index in [4.69, 9.17) is 9.47 Å². The van der Waals surface area contributed by atoms with Gasteiger partial charge < -0.3 is 9.47 Å². The second kappa shape index (κ2) is 9.79. The van der Waals surface area contributed by atoms with Crippen molar-refractivity contribution >= 4 is 55.6 Å². The van der Waals surface area contributed by atoms with Gasteiger partial charge in [0.2, 0.25) is 0 Å². The molecule has 3 aromatic rings. The number of amidine groups is 1. The zero-order chi connectivity index (χ0) is 22.7. The zero-order valence-electron chi connectivity index (χ0n) is 18.1. The number of hydrogen-bond donors (Lipinski definition) is 0. The molecule has 1 fully saturated rings. The standard InChI is InChI=1S/C25H23BrN2O3S/c1-4-30-21-12-18(13-23-24(29)28(3)25(27-2)32-23)20(26)14-22(21)31-15-17-10-7-9-16-8-5-6-11-19(16)17/h5-14H,4,15H2,1-3H3/b23-13-,27-25?. The summed E-state index contributed by atoms with van der Waals surface area (Å²) < 4.78 is 12.9. The van der Waals surface area contributed by atoms with Gasteiger partial charge in [-0.05, 0) is 58.8 Å². The third-order valence-corrected chi connectivity index (χ3v) is 6.95. The van der Waals surface area contributed by atoms with E-state index in [9.17, 15) is 4.79 Å². The van der Waals surface area contributed by atoms with Crippen LogP contribution in [0, 0.1) is 0 Å². The zero-order valence-corrected chi connectivity index (χ0v) is 20.5. The molecule has 3 aromatic carbocycles. The number of carbonyl (C=O) groups excluding carboxylic acids is 1. The van der Waals surface area contributed by atoms with Crippen molar-refractivity contribution in [1.29, 1.82) is 0 Å². The van der Waals surface area contributed by atoms with Crippen LogP contribution in [0.5, 0.6) is 11.5 Å². The van der Waals surface area contributed by atoms with Crippen LogP contribution in [0.4, 0.5) is 0 Å². The van der Waals surface area contributed by atoms with Gasteiger partial charge in [-0.1, -0.05) is 58.4 Å². The molecule has 1 heterocycles. The maximum atomic E-state index is 12.5. The van der Waals surface area contributed by atoms with E-state index >= 15 is 0 Å². The third kappa shape index (κ3) is 4.54. The first-order valence-electron chi connectivity index (χ1n) is 10.2. The molecular formula is C25H23BrN2O3S. The number of rotatable bonds is 6. The number of hydrogen-bond acceptors (Lipinski definition) is 5. The number of nitrogens with zero attached hydrogens (tertiary/aromatic N) is 2. The largest absolute Gasteiger partial charge is 0.490 e. The lowest BCUT2D eigenvalue weighted by Crippen LogP contribution is -2.23. The van der Waals surface area contributed by atoms with Gasteiger partial charge in [-0.3, -0.25) is 14.7 Å². The van der Waals surface area contributed by atoms with Crippen molar-refractivity contribution in [1.82, 2.24) is 4.90 Å². The van der Waals surface area contributed by atoms with E-state index in [1.165, 1.54) is 22.5 Å². The summed E-state index contributed by atoms with van der Waals surface area (Å²) in [7, 11) is 3.41. The SMILES string of the molecule is CCOc1cc(/C=C2\SC(=NC)N(C)C2=O)c(Br)cc1OCc1cccc2ccccc12. The van der Waals surface area contributed by atoms with Gasteiger partial charge in [-0.15, -0.1) is 0 Å². The highest BCUT2D eigenvalue weighted by Gasteiger charge is 2.30. The van der Waals surface area contributed by atoms with Crippen LogP contribution in [0.3, 0.4) is 0 Å². The molecule has 0 aromatic heterocycles. The number of amides is 1. The second-order valence-corrected chi connectivity index (χ2v) is 9.02. The quantitative estimate of drug-likeness (QED) is 0.375. The van der Waals surface area contributed by atoms with Gasteiger partial charge in [0.05, 0.1) is 11.5 Å². The summed E-state index contributed by atoms with van der Waals surface area (Å²) in [5.74, 6) is 1.21. The molecule has 1 saturated heterocycles. The van der Waals surface area contributed by atoms with Gasteiger partial charge in [0.15, 0.2) is 16.7 Å². The first kappa shape index (κ1) is 22.4. The molecule has 0 saturated carbocycles. The molecule has 4 rings (SSSR count). The smallest absolute Gasteiger partial charge is 0.266 e. The van der Waals surface area contributed by atoms with Crippen molar-refractivity contribution in [2.45, 2.75) is 13.5 Å². The Labute approximate surface area is 200 Å². The molecule has 1 amide bonds. The fourth-order valence-corrected chi connectivity index (χ4v) is 4.86. The van der Waals surface area contributed by atoms with Crippen molar-refractivity contribution in [3.8, 4) is 11.5 Å². The Morgan fingerprint density at radius 1 is 1.09 bits per heavy atom. The van der Waals surface area contributed by atoms with Crippen LogP contribution in [0.2, 0.25) is 0 Å². The van der Waals surface area contributed by atoms with E-state index in [1.807, 2.05) is 43.3 Å². The molecule has 0 aliphatic carbocycles. The molecular weight excluding hydrogens is 488 g/mol. The second-order valence-electron chi connectivity index (χ2n) is 7.16. The molecule has 0 spiro atoms. The molecule has 1 aliphatic rings. The van der Waals surface area contributed by atoms with Crippen molar-refractivity contribution < 1.29 is 14.3 Å². The van der Waals surface area contributed by atoms with Crippen LogP contribution in [-0.4, -0.2) is 36.7 Å². The highest BCUT2D eigenvalue weighted by atomic mass is 79.9. The van der Waals surface area contributed by atoms with E-state index in [0.717, 1.165) is 15.6 Å². The first-order chi connectivity index (χ1) is 15.5. The topological polar surface area (TPSA) is 51.1 Å². The minimum atomic E-state index is -0.0725. The molecule has 164 valence electrons. The summed E-state index contributed by atoms with van der Waals surface area (Å²) >= 11 is 4.99. The van der Waals surface area contributed by atoms with Gasteiger partial charge in [0.1, 0.15) is 6.61 Å². The average Bonchev–Trinajstić information content (AvgIpc) is 3.08. The van der Waals surface area contributed by atoms with E-state index < -0.39 is 0 Å². The number of fused-ring (bicyclic) bond motifs is 1. The van der Waals surface area contributed by atoms with E-state index in [-0.39, 0.29) is 5.91 Å². The Kier molecular flexibility index (Phi) is 6.86. The van der Waals surface area contributed by atoms with Crippen LogP contribution in [0.15, 0.2) is 69.0 Å². The minimum Gasteiger partial charge on any atom is -0.490 e. The fraction of sp³-hybridized carbons (Fsp3) is 0.200. The van der Waals surface area contributed by atoms with E-state index in [2.05, 4.69) is 45.2 Å². The molecule has 0 unspecified atom stereocenters. The van der Waals surface area contributed by atoms with Crippen molar-refractivity contribution in [2.75, 3.05) is 20.7 Å². The Bertz CT molecular complexity index is 1230. The van der Waals surface area contributed by atoms with Gasteiger partial charge >= 0.3 is 0 Å². The summed E-state index contributed by atoms with van der Waals surface area (Å²) in [5.41, 5.74) is 1.95. The summed E-state index contributed by atoms with van der Waals surface area (Å²) in [4.78, 5) is 18.8. The Balaban J connectivity index is 1.63. The van der Waals surface area contributed by atoms with Gasteiger partial charge in [-0.2, -0.15) is 0 Å². The first-order valence-corrected chi connectivity index (χ1v) is 11.8. The number of thioether (sulfide) groups is 1. The highest BCUT2D eigenvalue weighted by molar-refractivity contribution is 9.10. The van der Waals surface area contributed by atoms with Crippen molar-refractivity contribution in [2.24, 2.45) is 4.99 Å². The molecule has 7 heteroatoms. The number of carbonyl (C=O) groups is 1. The maximum absolute atomic E-state index is 12.5. The predicted molar refractivity (Wildman–Crippen MR) is 135 cm³/mol. The Morgan fingerprint density at radius 2 is 1.84 bits per heavy atom. The number of halogens is 1. The highest BCUT2D eigenvalue weighted by Crippen LogP contribution is 2.38. The molecule has 0 bridgehead atoms. The third-order valence-electron chi connectivity index (χ3n) is 5.11. The van der Waals surface area contributed by atoms with Crippen molar-refractivity contribution in [3.63, 3.8) is 0 Å². The Hall–Kier alpha value is -2.77. The average molecular weight is 511 g/mol. The molecule has 0 radical (unpaired) electrons. The van der Waals surface area contributed by atoms with Crippen LogP contribution < -0.4 is 9.47 Å². The monoisotopic (exact) mass is 510 g/mol. The van der Waals surface area contributed by atoms with Gasteiger partial charge in [0, 0.05) is 18.6 Å². The lowest BCUT2D eigenvalue weighted by atomic mass is 10.1. The van der Waals surface area contributed by atoms with E-state index in [0.29, 0.717) is 34.8 Å². The Morgan fingerprint density at radius 3 is 2.59 bits per heavy atom. The van der Waals surface area contributed by atoms with Crippen LogP contribution in [0.25, 0.3) is 16.8 Å². The minimum absolute atomic E-state index is 0.0725. The summed E-state index contributed by atoms with van der Waals surface area (Å²) in [6, 6.07) is 18.3. The molecule has 0 N–H and O–H groups in total. The van der Waals surface area contributed by atoms with Gasteiger partial charge in [-0.25, -0.2) is 0 Å². The summed E-state index contributed by atoms with van der Waals surface area (Å²) in [5, 5.41) is 3.03. The predicted octanol–water partition coefficient (Wildman–Crippen LogP) is 6.11. The number of ether oxygens (including phenoxy) is 2. The van der Waals surface area contributed by atoms with Crippen LogP contribution >= 0.6 is 27.7 Å². The van der Waals surface area contributed by atoms with Gasteiger partial charge in [0.25, 0.3) is 5.91 Å². The number of likely N-dealkylation sites (N-methyl/N-ethyl adjacent to an activating group) is 1. The van der Waals surface area contributed by atoms with Crippen molar-refractivity contribution in [3.05, 3.63) is 75.1 Å². The number of benzene rings is 3. The van der Waals surface area contributed by atoms with Crippen LogP contribution in [-0.2, 0) is 11.4 Å². The fourth-order valence-electron chi connectivity index (χ4n) is 3.51. The van der Waals surface area contributed by atoms with Crippen LogP contribution in [0.1, 0.15) is 18.1 Å². The lowest BCUT2D eigenvalue weighted by molar-refractivity contribution is -0.121. The molecule has 0 atom stereocenters. The van der Waals surface area contributed by atoms with E-state index in [1.54, 1.807) is 19.0 Å². The molecule has 1 aliphatic heterocycles. The lowest BCUT2D eigenvalue weighted by Gasteiger charge is -2.15. The summed E-state index contributed by atoms with van der Waals surface area (Å²) in [6.45, 7) is 2.86. The summed E-state index contributed by atoms with van der Waals surface area (Å²) in [6.07, 6.45) is 1.85. The molecule has 32 heavy (non-hydrogen) atoms. The normalized spacial score (nSPS) is 16.4. The molecule has 5 nitrogen and oxygen atoms in total. The maximum Gasteiger partial charge on any atom is 0.266 e. The number of aliphatic imine (C=N–C) groups is 1.